The highest BCUT2D eigenvalue weighted by molar-refractivity contribution is 5.33. The molecule has 38 heavy (non-hydrogen) atoms. The van der Waals surface area contributed by atoms with Crippen molar-refractivity contribution in [2.75, 3.05) is 6.61 Å². The lowest BCUT2D eigenvalue weighted by Crippen LogP contribution is -2.15. The molecule has 1 atom stereocenters. The van der Waals surface area contributed by atoms with Crippen molar-refractivity contribution in [1.29, 1.82) is 0 Å². The fraction of sp³-hybridized carbons (Fsp3) is 0.647. The Balaban J connectivity index is 1.41. The summed E-state index contributed by atoms with van der Waals surface area (Å²) in [7, 11) is 0. The third kappa shape index (κ3) is 9.65. The van der Waals surface area contributed by atoms with E-state index in [1.165, 1.54) is 69.4 Å². The van der Waals surface area contributed by atoms with Crippen molar-refractivity contribution in [3.8, 4) is 5.75 Å². The van der Waals surface area contributed by atoms with Gasteiger partial charge >= 0.3 is 0 Å². The van der Waals surface area contributed by atoms with Gasteiger partial charge in [-0.3, -0.25) is 0 Å². The molecule has 0 bridgehead atoms. The summed E-state index contributed by atoms with van der Waals surface area (Å²) in [4.78, 5) is 0. The second-order valence-corrected chi connectivity index (χ2v) is 11.4. The third-order valence-electron chi connectivity index (χ3n) is 8.37. The van der Waals surface area contributed by atoms with Gasteiger partial charge in [-0.05, 0) is 73.1 Å². The van der Waals surface area contributed by atoms with E-state index in [1.54, 1.807) is 6.07 Å². The molecule has 0 radical (unpaired) electrons. The van der Waals surface area contributed by atoms with Crippen LogP contribution in [0.4, 0.5) is 13.2 Å². The van der Waals surface area contributed by atoms with Gasteiger partial charge in [0.15, 0.2) is 11.6 Å². The maximum absolute atomic E-state index is 15.0. The van der Waals surface area contributed by atoms with E-state index in [1.807, 2.05) is 24.3 Å². The largest absolute Gasteiger partial charge is 0.490 e. The van der Waals surface area contributed by atoms with Crippen molar-refractivity contribution in [2.45, 2.75) is 129 Å². The zero-order valence-corrected chi connectivity index (χ0v) is 23.8. The Morgan fingerprint density at radius 2 is 1.42 bits per heavy atom. The van der Waals surface area contributed by atoms with Gasteiger partial charge in [0.05, 0.1) is 6.61 Å². The Morgan fingerprint density at radius 3 is 2.13 bits per heavy atom. The van der Waals surface area contributed by atoms with Gasteiger partial charge < -0.3 is 4.74 Å². The normalized spacial score (nSPS) is 18.4. The lowest BCUT2D eigenvalue weighted by atomic mass is 9.77. The summed E-state index contributed by atoms with van der Waals surface area (Å²) in [6.45, 7) is 4.42. The van der Waals surface area contributed by atoms with Crippen molar-refractivity contribution in [3.63, 3.8) is 0 Å². The first-order chi connectivity index (χ1) is 18.5. The molecule has 4 heteroatoms. The summed E-state index contributed by atoms with van der Waals surface area (Å²) < 4.78 is 50.0. The van der Waals surface area contributed by atoms with Crippen molar-refractivity contribution < 1.29 is 17.9 Å². The second-order valence-electron chi connectivity index (χ2n) is 11.4. The van der Waals surface area contributed by atoms with Crippen LogP contribution in [0.25, 0.3) is 0 Å². The second kappa shape index (κ2) is 16.9. The highest BCUT2D eigenvalue weighted by Crippen LogP contribution is 2.40. The molecule has 0 amide bonds. The van der Waals surface area contributed by atoms with Crippen LogP contribution in [0.1, 0.15) is 139 Å². The molecule has 0 heterocycles. The number of aryl methyl sites for hydroxylation is 1. The average Bonchev–Trinajstić information content (AvgIpc) is 2.94. The maximum Gasteiger partial charge on any atom is 0.200 e. The van der Waals surface area contributed by atoms with Gasteiger partial charge in [-0.25, -0.2) is 8.78 Å². The average molecular weight is 531 g/mol. The summed E-state index contributed by atoms with van der Waals surface area (Å²) >= 11 is 0. The predicted octanol–water partition coefficient (Wildman–Crippen LogP) is 11.2. The Hall–Kier alpha value is -1.97. The molecule has 1 aliphatic carbocycles. The molecular formula is C34H49F3O. The highest BCUT2D eigenvalue weighted by atomic mass is 19.2. The summed E-state index contributed by atoms with van der Waals surface area (Å²) in [5.41, 5.74) is 2.28. The molecule has 0 aliphatic heterocycles. The van der Waals surface area contributed by atoms with Crippen LogP contribution in [0, 0.1) is 17.6 Å². The van der Waals surface area contributed by atoms with E-state index in [4.69, 9.17) is 4.74 Å². The molecule has 2 aromatic rings. The van der Waals surface area contributed by atoms with Gasteiger partial charge in [-0.15, -0.1) is 0 Å². The first kappa shape index (κ1) is 30.6. The lowest BCUT2D eigenvalue weighted by Gasteiger charge is -2.29. The minimum Gasteiger partial charge on any atom is -0.490 e. The van der Waals surface area contributed by atoms with Crippen molar-refractivity contribution in [3.05, 3.63) is 64.7 Å². The smallest absolute Gasteiger partial charge is 0.200 e. The Labute approximate surface area is 229 Å². The van der Waals surface area contributed by atoms with Gasteiger partial charge in [0.25, 0.3) is 0 Å². The summed E-state index contributed by atoms with van der Waals surface area (Å²) in [6, 6.07) is 10.8. The molecule has 1 nitrogen and oxygen atoms in total. The summed E-state index contributed by atoms with van der Waals surface area (Å²) in [6.07, 6.45) is 16.6. The van der Waals surface area contributed by atoms with Crippen molar-refractivity contribution in [2.24, 2.45) is 5.92 Å². The molecule has 212 valence electrons. The number of ether oxygens (including phenoxy) is 1. The third-order valence-corrected chi connectivity index (χ3v) is 8.37. The standard InChI is InChI=1S/C34H49F3O/c1-3-5-7-8-9-11-13-27-14-18-28(19-15-27)30-22-23-32(34(37)33(30)36)38-25-24-31(35)29-20-16-26(17-21-29)12-10-6-4-2/h16-17,20-23,27-28,31H,3-15,18-19,24-25H2,1-2H3. The van der Waals surface area contributed by atoms with Gasteiger partial charge in [0.1, 0.15) is 6.17 Å². The number of hydrogen-bond acceptors (Lipinski definition) is 1. The first-order valence-electron chi connectivity index (χ1n) is 15.4. The minimum atomic E-state index is -1.20. The zero-order chi connectivity index (χ0) is 27.2. The van der Waals surface area contributed by atoms with E-state index in [-0.39, 0.29) is 24.7 Å². The van der Waals surface area contributed by atoms with Gasteiger partial charge in [-0.1, -0.05) is 102 Å². The molecule has 1 unspecified atom stereocenters. The Kier molecular flexibility index (Phi) is 13.6. The quantitative estimate of drug-likeness (QED) is 0.185. The SMILES string of the molecule is CCCCCCCCC1CCC(c2ccc(OCCC(F)c3ccc(CCCCC)cc3)c(F)c2F)CC1. The van der Waals surface area contributed by atoms with Crippen LogP contribution >= 0.6 is 0 Å². The molecule has 1 fully saturated rings. The lowest BCUT2D eigenvalue weighted by molar-refractivity contribution is 0.228. The molecule has 0 spiro atoms. The minimum absolute atomic E-state index is 0.00131. The number of rotatable bonds is 17. The van der Waals surface area contributed by atoms with Gasteiger partial charge in [0, 0.05) is 6.42 Å². The highest BCUT2D eigenvalue weighted by Gasteiger charge is 2.26. The Morgan fingerprint density at radius 1 is 0.763 bits per heavy atom. The van der Waals surface area contributed by atoms with E-state index < -0.39 is 17.8 Å². The van der Waals surface area contributed by atoms with E-state index in [0.29, 0.717) is 11.1 Å². The maximum atomic E-state index is 15.0. The topological polar surface area (TPSA) is 9.23 Å². The van der Waals surface area contributed by atoms with Crippen LogP contribution in [0.2, 0.25) is 0 Å². The number of unbranched alkanes of at least 4 members (excludes halogenated alkanes) is 7. The van der Waals surface area contributed by atoms with Crippen LogP contribution in [0.15, 0.2) is 36.4 Å². The predicted molar refractivity (Wildman–Crippen MR) is 153 cm³/mol. The molecule has 2 aromatic carbocycles. The molecule has 3 rings (SSSR count). The van der Waals surface area contributed by atoms with Crippen LogP contribution in [-0.4, -0.2) is 6.61 Å². The molecule has 1 aliphatic rings. The zero-order valence-electron chi connectivity index (χ0n) is 23.8. The number of alkyl halides is 1. The van der Waals surface area contributed by atoms with E-state index in [0.717, 1.165) is 44.4 Å². The van der Waals surface area contributed by atoms with Crippen molar-refractivity contribution in [1.82, 2.24) is 0 Å². The Bertz CT molecular complexity index is 918. The molecule has 1 saturated carbocycles. The molecular weight excluding hydrogens is 481 g/mol. The molecule has 0 saturated heterocycles. The van der Waals surface area contributed by atoms with E-state index in [9.17, 15) is 13.2 Å². The van der Waals surface area contributed by atoms with Gasteiger partial charge in [0.2, 0.25) is 5.82 Å². The van der Waals surface area contributed by atoms with Gasteiger partial charge in [-0.2, -0.15) is 4.39 Å². The fourth-order valence-corrected chi connectivity index (χ4v) is 5.86. The number of halogens is 3. The number of hydrogen-bond donors (Lipinski definition) is 0. The van der Waals surface area contributed by atoms with Crippen LogP contribution in [-0.2, 0) is 6.42 Å². The monoisotopic (exact) mass is 530 g/mol. The summed E-state index contributed by atoms with van der Waals surface area (Å²) in [5, 5.41) is 0. The van der Waals surface area contributed by atoms with Crippen LogP contribution in [0.5, 0.6) is 5.75 Å². The number of benzene rings is 2. The molecule has 0 N–H and O–H groups in total. The van der Waals surface area contributed by atoms with Crippen LogP contribution < -0.4 is 4.74 Å². The van der Waals surface area contributed by atoms with E-state index in [2.05, 4.69) is 13.8 Å². The fourth-order valence-electron chi connectivity index (χ4n) is 5.86. The van der Waals surface area contributed by atoms with Crippen molar-refractivity contribution >= 4 is 0 Å². The van der Waals surface area contributed by atoms with Crippen LogP contribution in [0.3, 0.4) is 0 Å². The first-order valence-corrected chi connectivity index (χ1v) is 15.4. The summed E-state index contributed by atoms with van der Waals surface area (Å²) in [5.74, 6) is -1.07. The van der Waals surface area contributed by atoms with E-state index >= 15 is 0 Å². The molecule has 0 aromatic heterocycles.